The number of phenolic OH excluding ortho intramolecular Hbond substituents is 1. The fraction of sp³-hybridized carbons (Fsp3) is 0.111. The highest BCUT2D eigenvalue weighted by molar-refractivity contribution is 5.91. The van der Waals surface area contributed by atoms with E-state index in [4.69, 9.17) is 5.11 Å². The van der Waals surface area contributed by atoms with Crippen LogP contribution in [-0.4, -0.2) is 29.4 Å². The summed E-state index contributed by atoms with van der Waals surface area (Å²) in [5, 5.41) is 20.2. The van der Waals surface area contributed by atoms with Gasteiger partial charge in [-0.1, -0.05) is 0 Å². The van der Waals surface area contributed by atoms with Crippen molar-refractivity contribution in [3.63, 3.8) is 0 Å². The highest BCUT2D eigenvalue weighted by Crippen LogP contribution is 2.24. The summed E-state index contributed by atoms with van der Waals surface area (Å²) in [4.78, 5) is 21.3. The molecule has 0 saturated heterocycles. The van der Waals surface area contributed by atoms with Crippen LogP contribution in [0, 0.1) is 0 Å². The minimum atomic E-state index is -1.16. The van der Waals surface area contributed by atoms with Crippen molar-refractivity contribution < 1.29 is 24.5 Å². The van der Waals surface area contributed by atoms with E-state index in [1.807, 2.05) is 0 Å². The molecule has 1 aromatic carbocycles. The number of carbonyl (C=O) groups is 2. The van der Waals surface area contributed by atoms with Gasteiger partial charge in [-0.15, -0.1) is 0 Å². The molecule has 6 nitrogen and oxygen atoms in total. The fourth-order valence-electron chi connectivity index (χ4n) is 0.931. The molecule has 1 amide bonds. The molecule has 80 valence electrons. The molecule has 0 aromatic heterocycles. The van der Waals surface area contributed by atoms with Crippen molar-refractivity contribution in [3.8, 4) is 5.75 Å². The number of aromatic hydroxyl groups is 1. The standard InChI is InChI=1S/C9H9NO5/c1-15-9(14)10-6-3-2-5(8(12)13)4-7(6)11/h2-4,11H,1H3,(H,10,14)(H,12,13). The Morgan fingerprint density at radius 3 is 2.53 bits per heavy atom. The van der Waals surface area contributed by atoms with Gasteiger partial charge in [0.05, 0.1) is 18.4 Å². The van der Waals surface area contributed by atoms with Gasteiger partial charge in [0.25, 0.3) is 0 Å². The summed E-state index contributed by atoms with van der Waals surface area (Å²) >= 11 is 0. The molecule has 0 aliphatic rings. The van der Waals surface area contributed by atoms with Crippen molar-refractivity contribution >= 4 is 17.7 Å². The first kappa shape index (κ1) is 10.8. The Morgan fingerprint density at radius 2 is 2.07 bits per heavy atom. The van der Waals surface area contributed by atoms with E-state index >= 15 is 0 Å². The molecule has 1 aromatic rings. The minimum Gasteiger partial charge on any atom is -0.506 e. The monoisotopic (exact) mass is 211 g/mol. The number of hydrogen-bond donors (Lipinski definition) is 3. The second-order valence-electron chi connectivity index (χ2n) is 2.65. The van der Waals surface area contributed by atoms with E-state index < -0.39 is 12.1 Å². The number of carboxylic acid groups (broad SMARTS) is 1. The molecule has 0 fully saturated rings. The predicted molar refractivity (Wildman–Crippen MR) is 51.1 cm³/mol. The quantitative estimate of drug-likeness (QED) is 0.640. The maximum Gasteiger partial charge on any atom is 0.411 e. The lowest BCUT2D eigenvalue weighted by Gasteiger charge is -2.06. The SMILES string of the molecule is COC(=O)Nc1ccc(C(=O)O)cc1O. The molecular weight excluding hydrogens is 202 g/mol. The molecule has 0 bridgehead atoms. The molecular formula is C9H9NO5. The van der Waals surface area contributed by atoms with Crippen LogP contribution in [0.2, 0.25) is 0 Å². The van der Waals surface area contributed by atoms with Crippen LogP contribution < -0.4 is 5.32 Å². The number of benzene rings is 1. The largest absolute Gasteiger partial charge is 0.506 e. The van der Waals surface area contributed by atoms with E-state index in [1.54, 1.807) is 0 Å². The molecule has 0 aliphatic carbocycles. The molecule has 0 spiro atoms. The van der Waals surface area contributed by atoms with E-state index in [0.717, 1.165) is 6.07 Å². The van der Waals surface area contributed by atoms with Crippen LogP contribution in [0.5, 0.6) is 5.75 Å². The first-order valence-electron chi connectivity index (χ1n) is 3.96. The first-order chi connectivity index (χ1) is 7.04. The van der Waals surface area contributed by atoms with E-state index in [2.05, 4.69) is 10.1 Å². The van der Waals surface area contributed by atoms with Crippen LogP contribution >= 0.6 is 0 Å². The number of anilines is 1. The number of ether oxygens (including phenoxy) is 1. The lowest BCUT2D eigenvalue weighted by Crippen LogP contribution is -2.11. The van der Waals surface area contributed by atoms with Gasteiger partial charge < -0.3 is 14.9 Å². The van der Waals surface area contributed by atoms with Crippen LogP contribution in [0.15, 0.2) is 18.2 Å². The molecule has 0 radical (unpaired) electrons. The van der Waals surface area contributed by atoms with Crippen molar-refractivity contribution in [2.75, 3.05) is 12.4 Å². The summed E-state index contributed by atoms with van der Waals surface area (Å²) in [7, 11) is 1.18. The molecule has 6 heteroatoms. The second-order valence-corrected chi connectivity index (χ2v) is 2.65. The van der Waals surface area contributed by atoms with Crippen molar-refractivity contribution in [3.05, 3.63) is 23.8 Å². The maximum absolute atomic E-state index is 10.8. The summed E-state index contributed by atoms with van der Waals surface area (Å²) in [6.45, 7) is 0. The number of hydrogen-bond acceptors (Lipinski definition) is 4. The van der Waals surface area contributed by atoms with Gasteiger partial charge >= 0.3 is 12.1 Å². The lowest BCUT2D eigenvalue weighted by atomic mass is 10.2. The molecule has 0 atom stereocenters. The fourth-order valence-corrected chi connectivity index (χ4v) is 0.931. The topological polar surface area (TPSA) is 95.9 Å². The van der Waals surface area contributed by atoms with E-state index in [0.29, 0.717) is 0 Å². The number of carbonyl (C=O) groups excluding carboxylic acids is 1. The highest BCUT2D eigenvalue weighted by atomic mass is 16.5. The summed E-state index contributed by atoms with van der Waals surface area (Å²) in [6, 6.07) is 3.57. The zero-order valence-electron chi connectivity index (χ0n) is 7.85. The molecule has 0 heterocycles. The molecule has 0 unspecified atom stereocenters. The number of phenols is 1. The van der Waals surface area contributed by atoms with Gasteiger partial charge in [-0.05, 0) is 18.2 Å². The van der Waals surface area contributed by atoms with Gasteiger partial charge in [0.1, 0.15) is 5.75 Å². The van der Waals surface area contributed by atoms with Crippen LogP contribution in [0.25, 0.3) is 0 Å². The third kappa shape index (κ3) is 2.60. The van der Waals surface area contributed by atoms with Gasteiger partial charge in [0.15, 0.2) is 0 Å². The average molecular weight is 211 g/mol. The van der Waals surface area contributed by atoms with Gasteiger partial charge in [-0.25, -0.2) is 9.59 Å². The van der Waals surface area contributed by atoms with Gasteiger partial charge in [0.2, 0.25) is 0 Å². The Balaban J connectivity index is 2.93. The third-order valence-electron chi connectivity index (χ3n) is 1.67. The first-order valence-corrected chi connectivity index (χ1v) is 3.96. The number of methoxy groups -OCH3 is 1. The molecule has 1 rings (SSSR count). The van der Waals surface area contributed by atoms with Gasteiger partial charge in [-0.3, -0.25) is 5.32 Å². The average Bonchev–Trinajstić information content (AvgIpc) is 2.20. The molecule has 15 heavy (non-hydrogen) atoms. The number of carboxylic acids is 1. The predicted octanol–water partition coefficient (Wildman–Crippen LogP) is 1.27. The van der Waals surface area contributed by atoms with Crippen LogP contribution in [0.1, 0.15) is 10.4 Å². The maximum atomic E-state index is 10.8. The minimum absolute atomic E-state index is 0.0667. The van der Waals surface area contributed by atoms with Crippen molar-refractivity contribution in [2.24, 2.45) is 0 Å². The Kier molecular flexibility index (Phi) is 3.12. The zero-order chi connectivity index (χ0) is 11.4. The normalized spacial score (nSPS) is 9.40. The van der Waals surface area contributed by atoms with Crippen LogP contribution in [0.3, 0.4) is 0 Å². The summed E-state index contributed by atoms with van der Waals surface area (Å²) < 4.78 is 4.31. The Morgan fingerprint density at radius 1 is 1.40 bits per heavy atom. The van der Waals surface area contributed by atoms with E-state index in [1.165, 1.54) is 19.2 Å². The molecule has 0 saturated carbocycles. The Bertz CT molecular complexity index is 401. The van der Waals surface area contributed by atoms with Gasteiger partial charge in [-0.2, -0.15) is 0 Å². The van der Waals surface area contributed by atoms with Crippen molar-refractivity contribution in [2.45, 2.75) is 0 Å². The molecule has 0 aliphatic heterocycles. The Hall–Kier alpha value is -2.24. The number of nitrogens with one attached hydrogen (secondary N) is 1. The summed E-state index contributed by atoms with van der Waals surface area (Å²) in [5.74, 6) is -1.49. The smallest absolute Gasteiger partial charge is 0.411 e. The number of amides is 1. The molecule has 3 N–H and O–H groups in total. The van der Waals surface area contributed by atoms with E-state index in [9.17, 15) is 14.7 Å². The van der Waals surface area contributed by atoms with Gasteiger partial charge in [0, 0.05) is 0 Å². The van der Waals surface area contributed by atoms with Crippen molar-refractivity contribution in [1.82, 2.24) is 0 Å². The Labute approximate surface area is 85.1 Å². The zero-order valence-corrected chi connectivity index (χ0v) is 7.85. The summed E-state index contributed by atoms with van der Waals surface area (Å²) in [5.41, 5.74) is 0.0229. The highest BCUT2D eigenvalue weighted by Gasteiger charge is 2.09. The van der Waals surface area contributed by atoms with Crippen LogP contribution in [-0.2, 0) is 4.74 Å². The second kappa shape index (κ2) is 4.32. The van der Waals surface area contributed by atoms with Crippen molar-refractivity contribution in [1.29, 1.82) is 0 Å². The third-order valence-corrected chi connectivity index (χ3v) is 1.67. The number of rotatable bonds is 2. The number of aromatic carboxylic acids is 1. The lowest BCUT2D eigenvalue weighted by molar-refractivity contribution is 0.0696. The summed E-state index contributed by atoms with van der Waals surface area (Å²) in [6.07, 6.45) is -0.742. The van der Waals surface area contributed by atoms with E-state index in [-0.39, 0.29) is 17.0 Å². The van der Waals surface area contributed by atoms with Crippen LogP contribution in [0.4, 0.5) is 10.5 Å².